The Hall–Kier alpha value is -1.77. The first-order valence-electron chi connectivity index (χ1n) is 26.7. The number of nitrogens with zero attached hydrogens (tertiary/aromatic N) is 1. The van der Waals surface area contributed by atoms with Crippen LogP contribution >= 0.6 is 7.82 Å². The summed E-state index contributed by atoms with van der Waals surface area (Å²) in [7, 11) is 1.46. The Balaban J connectivity index is 4.24. The van der Waals surface area contributed by atoms with Crippen LogP contribution in [0.15, 0.2) is 36.5 Å². The molecule has 0 bridgehead atoms. The quantitative estimate of drug-likeness (QED) is 0.0211. The monoisotopic (exact) mass is 925 g/mol. The maximum Gasteiger partial charge on any atom is 0.472 e. The number of hydrogen-bond acceptors (Lipinski definition) is 7. The lowest BCUT2D eigenvalue weighted by atomic mass is 10.0. The first kappa shape index (κ1) is 62.2. The van der Waals surface area contributed by atoms with E-state index in [1.165, 1.54) is 173 Å². The SMILES string of the molecule is CCCCCCCC/C=C/C/C=C/C/C=C/CCCC(=O)OC[C@H](COP(=O)(O)OCC[N+](C)(C)C)OC(=O)CCCCCCCCCCCCCCCCCCCCCCCCC. The molecule has 0 aliphatic rings. The Morgan fingerprint density at radius 1 is 0.484 bits per heavy atom. The number of hydrogen-bond donors (Lipinski definition) is 1. The molecular formula is C54H103NO8P+. The lowest BCUT2D eigenvalue weighted by Crippen LogP contribution is -2.37. The van der Waals surface area contributed by atoms with E-state index >= 15 is 0 Å². The van der Waals surface area contributed by atoms with E-state index in [0.29, 0.717) is 23.9 Å². The number of carbonyl (C=O) groups is 2. The van der Waals surface area contributed by atoms with Crippen LogP contribution in [0, 0.1) is 0 Å². The first-order chi connectivity index (χ1) is 31.0. The summed E-state index contributed by atoms with van der Waals surface area (Å²) in [4.78, 5) is 35.5. The lowest BCUT2D eigenvalue weighted by Gasteiger charge is -2.24. The zero-order chi connectivity index (χ0) is 47.1. The average Bonchev–Trinajstić information content (AvgIpc) is 3.25. The predicted molar refractivity (Wildman–Crippen MR) is 270 cm³/mol. The number of phosphoric ester groups is 1. The van der Waals surface area contributed by atoms with Crippen LogP contribution in [-0.2, 0) is 32.7 Å². The Bertz CT molecular complexity index is 1180. The molecule has 0 amide bonds. The van der Waals surface area contributed by atoms with E-state index in [1.54, 1.807) is 0 Å². The van der Waals surface area contributed by atoms with Gasteiger partial charge < -0.3 is 18.9 Å². The van der Waals surface area contributed by atoms with Crippen molar-refractivity contribution in [3.63, 3.8) is 0 Å². The fourth-order valence-corrected chi connectivity index (χ4v) is 8.24. The number of esters is 2. The molecule has 0 aromatic carbocycles. The van der Waals surface area contributed by atoms with Crippen molar-refractivity contribution in [2.24, 2.45) is 0 Å². The van der Waals surface area contributed by atoms with Crippen molar-refractivity contribution >= 4 is 19.8 Å². The van der Waals surface area contributed by atoms with E-state index in [1.807, 2.05) is 21.1 Å². The second kappa shape index (κ2) is 46.3. The van der Waals surface area contributed by atoms with Gasteiger partial charge in [0.2, 0.25) is 0 Å². The molecule has 64 heavy (non-hydrogen) atoms. The molecule has 9 nitrogen and oxygen atoms in total. The Morgan fingerprint density at radius 2 is 0.859 bits per heavy atom. The maximum absolute atomic E-state index is 12.8. The van der Waals surface area contributed by atoms with Gasteiger partial charge in [-0.3, -0.25) is 18.6 Å². The number of allylic oxidation sites excluding steroid dienone is 6. The van der Waals surface area contributed by atoms with Crippen molar-refractivity contribution in [2.75, 3.05) is 47.5 Å². The van der Waals surface area contributed by atoms with Crippen LogP contribution in [-0.4, -0.2) is 74.9 Å². The summed E-state index contributed by atoms with van der Waals surface area (Å²) in [5, 5.41) is 0. The molecule has 1 N–H and O–H groups in total. The van der Waals surface area contributed by atoms with Gasteiger partial charge in [0.25, 0.3) is 0 Å². The highest BCUT2D eigenvalue weighted by Gasteiger charge is 2.27. The zero-order valence-electron chi connectivity index (χ0n) is 42.5. The number of rotatable bonds is 49. The van der Waals surface area contributed by atoms with Crippen LogP contribution < -0.4 is 0 Å². The third kappa shape index (κ3) is 49.7. The predicted octanol–water partition coefficient (Wildman–Crippen LogP) is 16.0. The fraction of sp³-hybridized carbons (Fsp3) is 0.852. The van der Waals surface area contributed by atoms with Gasteiger partial charge in [-0.05, 0) is 44.9 Å². The summed E-state index contributed by atoms with van der Waals surface area (Å²) in [5.41, 5.74) is 0. The molecule has 0 aromatic heterocycles. The number of phosphoric acid groups is 1. The van der Waals surface area contributed by atoms with Gasteiger partial charge >= 0.3 is 19.8 Å². The van der Waals surface area contributed by atoms with E-state index < -0.39 is 32.5 Å². The highest BCUT2D eigenvalue weighted by atomic mass is 31.2. The second-order valence-corrected chi connectivity index (χ2v) is 20.7. The first-order valence-corrected chi connectivity index (χ1v) is 28.2. The summed E-state index contributed by atoms with van der Waals surface area (Å²) in [6.45, 7) is 4.40. The molecule has 0 aromatic rings. The number of ether oxygens (including phenoxy) is 2. The summed E-state index contributed by atoms with van der Waals surface area (Å²) < 4.78 is 34.4. The van der Waals surface area contributed by atoms with E-state index in [9.17, 15) is 19.0 Å². The topological polar surface area (TPSA) is 108 Å². The van der Waals surface area contributed by atoms with Crippen LogP contribution in [0.3, 0.4) is 0 Å². The zero-order valence-corrected chi connectivity index (χ0v) is 43.4. The van der Waals surface area contributed by atoms with Crippen molar-refractivity contribution < 1.29 is 42.1 Å². The number of carbonyl (C=O) groups excluding carboxylic acids is 2. The maximum atomic E-state index is 12.8. The normalized spacial score (nSPS) is 13.7. The molecule has 0 aliphatic heterocycles. The smallest absolute Gasteiger partial charge is 0.462 e. The molecule has 2 atom stereocenters. The van der Waals surface area contributed by atoms with Gasteiger partial charge in [0.05, 0.1) is 27.7 Å². The summed E-state index contributed by atoms with van der Waals surface area (Å²) in [5.74, 6) is -0.849. The highest BCUT2D eigenvalue weighted by Crippen LogP contribution is 2.43. The molecule has 0 fully saturated rings. The number of unbranched alkanes of at least 4 members (excludes halogenated alkanes) is 29. The molecular weight excluding hydrogens is 822 g/mol. The van der Waals surface area contributed by atoms with E-state index in [0.717, 1.165) is 32.1 Å². The molecule has 0 spiro atoms. The van der Waals surface area contributed by atoms with Crippen LogP contribution in [0.4, 0.5) is 0 Å². The van der Waals surface area contributed by atoms with Crippen molar-refractivity contribution in [1.82, 2.24) is 0 Å². The average molecular weight is 925 g/mol. The Labute approximate surface area is 395 Å². The van der Waals surface area contributed by atoms with Gasteiger partial charge in [-0.2, -0.15) is 0 Å². The van der Waals surface area contributed by atoms with Crippen LogP contribution in [0.5, 0.6) is 0 Å². The third-order valence-electron chi connectivity index (χ3n) is 11.7. The van der Waals surface area contributed by atoms with Crippen molar-refractivity contribution in [2.45, 2.75) is 251 Å². The summed E-state index contributed by atoms with van der Waals surface area (Å²) >= 11 is 0. The molecule has 1 unspecified atom stereocenters. The van der Waals surface area contributed by atoms with Crippen molar-refractivity contribution in [1.29, 1.82) is 0 Å². The van der Waals surface area contributed by atoms with E-state index in [2.05, 4.69) is 50.3 Å². The molecule has 0 aliphatic carbocycles. The highest BCUT2D eigenvalue weighted by molar-refractivity contribution is 7.47. The van der Waals surface area contributed by atoms with E-state index in [4.69, 9.17) is 18.5 Å². The largest absolute Gasteiger partial charge is 0.472 e. The molecule has 0 saturated carbocycles. The molecule has 0 heterocycles. The van der Waals surface area contributed by atoms with Gasteiger partial charge in [0.1, 0.15) is 19.8 Å². The molecule has 10 heteroatoms. The minimum atomic E-state index is -4.39. The van der Waals surface area contributed by atoms with Crippen LogP contribution in [0.25, 0.3) is 0 Å². The Kier molecular flexibility index (Phi) is 45.1. The fourth-order valence-electron chi connectivity index (χ4n) is 7.50. The molecule has 376 valence electrons. The molecule has 0 saturated heterocycles. The number of likely N-dealkylation sites (N-methyl/N-ethyl adjacent to an activating group) is 1. The molecule has 0 radical (unpaired) electrons. The van der Waals surface area contributed by atoms with Gasteiger partial charge in [-0.1, -0.05) is 224 Å². The van der Waals surface area contributed by atoms with Gasteiger partial charge in [0.15, 0.2) is 6.10 Å². The van der Waals surface area contributed by atoms with Crippen LogP contribution in [0.2, 0.25) is 0 Å². The van der Waals surface area contributed by atoms with Gasteiger partial charge in [-0.15, -0.1) is 0 Å². The third-order valence-corrected chi connectivity index (χ3v) is 12.7. The van der Waals surface area contributed by atoms with Gasteiger partial charge in [0, 0.05) is 12.8 Å². The van der Waals surface area contributed by atoms with Crippen molar-refractivity contribution in [3.05, 3.63) is 36.5 Å². The minimum Gasteiger partial charge on any atom is -0.462 e. The molecule has 0 rings (SSSR count). The van der Waals surface area contributed by atoms with E-state index in [-0.39, 0.29) is 26.1 Å². The minimum absolute atomic E-state index is 0.0255. The van der Waals surface area contributed by atoms with Crippen molar-refractivity contribution in [3.8, 4) is 0 Å². The van der Waals surface area contributed by atoms with Crippen LogP contribution in [0.1, 0.15) is 245 Å². The summed E-state index contributed by atoms with van der Waals surface area (Å²) in [6.07, 6.45) is 55.0. The standard InChI is InChI=1S/C54H102NO8P/c1-6-8-10-12-14-16-18-20-22-24-25-26-27-28-29-31-33-35-37-39-41-43-45-47-54(57)63-52(51-62-64(58,59)61-49-48-55(3,4)5)50-60-53(56)46-44-42-40-38-36-34-32-30-23-21-19-17-15-13-11-9-7-2/h21,23,32,34,38,40,52H,6-20,22,24-31,33,35-37,39,41-51H2,1-5H3/p+1/b23-21+,34-32+,40-38+/t52-/m1/s1. The summed E-state index contributed by atoms with van der Waals surface area (Å²) in [6, 6.07) is 0. The Morgan fingerprint density at radius 3 is 1.30 bits per heavy atom. The lowest BCUT2D eigenvalue weighted by molar-refractivity contribution is -0.870. The van der Waals surface area contributed by atoms with Gasteiger partial charge in [-0.25, -0.2) is 4.57 Å². The second-order valence-electron chi connectivity index (χ2n) is 19.3. The number of quaternary nitrogens is 1.